The highest BCUT2D eigenvalue weighted by Gasteiger charge is 2.18. The molecule has 0 aliphatic rings. The van der Waals surface area contributed by atoms with E-state index in [1.54, 1.807) is 14.1 Å². The van der Waals surface area contributed by atoms with Gasteiger partial charge in [0.25, 0.3) is 5.69 Å². The Bertz CT molecular complexity index is 339. The van der Waals surface area contributed by atoms with Gasteiger partial charge >= 0.3 is 0 Å². The molecule has 1 aromatic carbocycles. The van der Waals surface area contributed by atoms with Crippen molar-refractivity contribution in [3.05, 3.63) is 34.1 Å². The average Bonchev–Trinajstić information content (AvgIpc) is 2.02. The zero-order valence-corrected chi connectivity index (χ0v) is 7.32. The molecule has 0 spiro atoms. The largest absolute Gasteiger partial charge is 0.370 e. The van der Waals surface area contributed by atoms with Gasteiger partial charge in [-0.1, -0.05) is 6.07 Å². The molecule has 0 heterocycles. The molecule has 0 saturated carbocycles. The molecule has 13 heavy (non-hydrogen) atoms. The van der Waals surface area contributed by atoms with E-state index in [1.807, 2.05) is 0 Å². The van der Waals surface area contributed by atoms with Crippen LogP contribution < -0.4 is 4.90 Å². The Morgan fingerprint density at radius 2 is 2.08 bits per heavy atom. The Morgan fingerprint density at radius 1 is 1.46 bits per heavy atom. The first-order valence-corrected chi connectivity index (χ1v) is 3.64. The molecule has 0 N–H and O–H groups in total. The second-order valence-corrected chi connectivity index (χ2v) is 2.76. The van der Waals surface area contributed by atoms with Crippen molar-refractivity contribution < 1.29 is 9.31 Å². The number of para-hydroxylation sites is 1. The van der Waals surface area contributed by atoms with E-state index in [2.05, 4.69) is 0 Å². The molecule has 0 amide bonds. The van der Waals surface area contributed by atoms with Gasteiger partial charge in [-0.05, 0) is 6.07 Å². The van der Waals surface area contributed by atoms with Gasteiger partial charge in [-0.25, -0.2) is 4.39 Å². The lowest BCUT2D eigenvalue weighted by Crippen LogP contribution is -2.12. The second-order valence-electron chi connectivity index (χ2n) is 2.76. The van der Waals surface area contributed by atoms with E-state index < -0.39 is 10.7 Å². The molecular weight excluding hydrogens is 175 g/mol. The van der Waals surface area contributed by atoms with Crippen LogP contribution in [0.2, 0.25) is 0 Å². The molecule has 70 valence electrons. The summed E-state index contributed by atoms with van der Waals surface area (Å²) in [4.78, 5) is 11.3. The number of hydrogen-bond acceptors (Lipinski definition) is 3. The van der Waals surface area contributed by atoms with Gasteiger partial charge in [0.1, 0.15) is 0 Å². The van der Waals surface area contributed by atoms with Crippen LogP contribution in [0, 0.1) is 15.9 Å². The Kier molecular flexibility index (Phi) is 2.46. The van der Waals surface area contributed by atoms with Crippen LogP contribution >= 0.6 is 0 Å². The van der Waals surface area contributed by atoms with Gasteiger partial charge in [0.05, 0.1) is 4.92 Å². The first-order chi connectivity index (χ1) is 6.04. The monoisotopic (exact) mass is 184 g/mol. The van der Waals surface area contributed by atoms with E-state index in [4.69, 9.17) is 0 Å². The van der Waals surface area contributed by atoms with Crippen molar-refractivity contribution in [2.45, 2.75) is 0 Å². The van der Waals surface area contributed by atoms with Crippen LogP contribution in [0.5, 0.6) is 0 Å². The SMILES string of the molecule is CN(C)c1c(F)cccc1[N+](=O)[O-]. The highest BCUT2D eigenvalue weighted by Crippen LogP contribution is 2.28. The molecule has 0 atom stereocenters. The van der Waals surface area contributed by atoms with Crippen molar-refractivity contribution in [1.82, 2.24) is 0 Å². The summed E-state index contributed by atoms with van der Waals surface area (Å²) in [5, 5.41) is 10.5. The Hall–Kier alpha value is -1.65. The van der Waals surface area contributed by atoms with Gasteiger partial charge in [-0.15, -0.1) is 0 Å². The van der Waals surface area contributed by atoms with Crippen LogP contribution in [0.15, 0.2) is 18.2 Å². The van der Waals surface area contributed by atoms with Crippen LogP contribution in [-0.4, -0.2) is 19.0 Å². The predicted molar refractivity (Wildman–Crippen MR) is 47.4 cm³/mol. The summed E-state index contributed by atoms with van der Waals surface area (Å²) < 4.78 is 13.1. The third kappa shape index (κ3) is 1.74. The van der Waals surface area contributed by atoms with E-state index in [0.717, 1.165) is 0 Å². The molecule has 4 nitrogen and oxygen atoms in total. The normalized spacial score (nSPS) is 9.77. The van der Waals surface area contributed by atoms with Gasteiger partial charge in [-0.2, -0.15) is 0 Å². The lowest BCUT2D eigenvalue weighted by molar-refractivity contribution is -0.384. The van der Waals surface area contributed by atoms with Crippen LogP contribution in [0.1, 0.15) is 0 Å². The molecule has 0 bridgehead atoms. The maximum absolute atomic E-state index is 13.1. The average molecular weight is 184 g/mol. The predicted octanol–water partition coefficient (Wildman–Crippen LogP) is 1.80. The van der Waals surface area contributed by atoms with Crippen LogP contribution in [0.25, 0.3) is 0 Å². The summed E-state index contributed by atoms with van der Waals surface area (Å²) in [5.41, 5.74) is -0.211. The maximum Gasteiger partial charge on any atom is 0.295 e. The third-order valence-corrected chi connectivity index (χ3v) is 1.61. The molecule has 0 radical (unpaired) electrons. The van der Waals surface area contributed by atoms with Crippen molar-refractivity contribution in [1.29, 1.82) is 0 Å². The molecule has 0 fully saturated rings. The topological polar surface area (TPSA) is 46.4 Å². The van der Waals surface area contributed by atoms with E-state index in [9.17, 15) is 14.5 Å². The van der Waals surface area contributed by atoms with Crippen LogP contribution in [0.3, 0.4) is 0 Å². The minimum atomic E-state index is -0.599. The first kappa shape index (κ1) is 9.44. The highest BCUT2D eigenvalue weighted by atomic mass is 19.1. The van der Waals surface area contributed by atoms with Crippen molar-refractivity contribution in [2.24, 2.45) is 0 Å². The molecule has 0 unspecified atom stereocenters. The number of hydrogen-bond donors (Lipinski definition) is 0. The van der Waals surface area contributed by atoms with E-state index in [-0.39, 0.29) is 11.4 Å². The van der Waals surface area contributed by atoms with E-state index in [0.29, 0.717) is 0 Å². The lowest BCUT2D eigenvalue weighted by atomic mass is 10.2. The van der Waals surface area contributed by atoms with Gasteiger partial charge in [0.2, 0.25) is 0 Å². The van der Waals surface area contributed by atoms with Gasteiger partial charge < -0.3 is 4.90 Å². The van der Waals surface area contributed by atoms with Crippen LogP contribution in [0.4, 0.5) is 15.8 Å². The molecule has 1 rings (SSSR count). The molecule has 0 aliphatic carbocycles. The number of rotatable bonds is 2. The van der Waals surface area contributed by atoms with Gasteiger partial charge in [0.15, 0.2) is 11.5 Å². The molecule has 5 heteroatoms. The first-order valence-electron chi connectivity index (χ1n) is 3.64. The molecule has 1 aromatic rings. The fourth-order valence-corrected chi connectivity index (χ4v) is 1.09. The van der Waals surface area contributed by atoms with Gasteiger partial charge in [0, 0.05) is 20.2 Å². The minimum Gasteiger partial charge on any atom is -0.370 e. The Labute approximate surface area is 74.7 Å². The number of anilines is 1. The van der Waals surface area contributed by atoms with Crippen molar-refractivity contribution >= 4 is 11.4 Å². The number of nitro benzene ring substituents is 1. The number of halogens is 1. The lowest BCUT2D eigenvalue weighted by Gasteiger charge is -2.12. The van der Waals surface area contributed by atoms with Crippen molar-refractivity contribution in [3.63, 3.8) is 0 Å². The quantitative estimate of drug-likeness (QED) is 0.520. The standard InChI is InChI=1S/C8H9FN2O2/c1-10(2)8-6(9)4-3-5-7(8)11(12)13/h3-5H,1-2H3. The summed E-state index contributed by atoms with van der Waals surface area (Å²) in [7, 11) is 3.12. The van der Waals surface area contributed by atoms with E-state index in [1.165, 1.54) is 23.1 Å². The number of nitrogens with zero attached hydrogens (tertiary/aromatic N) is 2. The third-order valence-electron chi connectivity index (χ3n) is 1.61. The maximum atomic E-state index is 13.1. The smallest absolute Gasteiger partial charge is 0.295 e. The zero-order chi connectivity index (χ0) is 10.0. The van der Waals surface area contributed by atoms with Gasteiger partial charge in [-0.3, -0.25) is 10.1 Å². The summed E-state index contributed by atoms with van der Waals surface area (Å²) >= 11 is 0. The molecule has 0 aliphatic heterocycles. The van der Waals surface area contributed by atoms with E-state index >= 15 is 0 Å². The van der Waals surface area contributed by atoms with Crippen LogP contribution in [-0.2, 0) is 0 Å². The van der Waals surface area contributed by atoms with Crippen molar-refractivity contribution in [3.8, 4) is 0 Å². The van der Waals surface area contributed by atoms with Crippen molar-refractivity contribution in [2.75, 3.05) is 19.0 Å². The summed E-state index contributed by atoms with van der Waals surface area (Å²) in [6.07, 6.45) is 0. The fraction of sp³-hybridized carbons (Fsp3) is 0.250. The molecular formula is C8H9FN2O2. The molecule has 0 aromatic heterocycles. The highest BCUT2D eigenvalue weighted by molar-refractivity contribution is 5.63. The number of nitro groups is 1. The summed E-state index contributed by atoms with van der Waals surface area (Å²) in [6.45, 7) is 0. The number of benzene rings is 1. The summed E-state index contributed by atoms with van der Waals surface area (Å²) in [5.74, 6) is -0.584. The fourth-order valence-electron chi connectivity index (χ4n) is 1.09. The second kappa shape index (κ2) is 3.38. The summed E-state index contributed by atoms with van der Waals surface area (Å²) in [6, 6.07) is 3.79. The Morgan fingerprint density at radius 3 is 2.46 bits per heavy atom. The zero-order valence-electron chi connectivity index (χ0n) is 7.32. The molecule has 0 saturated heterocycles. The minimum absolute atomic E-state index is 0.00694. The Balaban J connectivity index is 3.34.